The topological polar surface area (TPSA) is 61.4 Å². The highest BCUT2D eigenvalue weighted by Crippen LogP contribution is 2.36. The number of carbonyl (C=O) groups excluding carboxylic acids is 2. The fourth-order valence-corrected chi connectivity index (χ4v) is 3.34. The van der Waals surface area contributed by atoms with Crippen LogP contribution >= 0.6 is 0 Å². The lowest BCUT2D eigenvalue weighted by molar-refractivity contribution is -0.124. The van der Waals surface area contributed by atoms with E-state index in [1.165, 1.54) is 0 Å². The second-order valence-electron chi connectivity index (χ2n) is 8.42. The van der Waals surface area contributed by atoms with Gasteiger partial charge in [0, 0.05) is 6.42 Å². The van der Waals surface area contributed by atoms with Gasteiger partial charge in [0.25, 0.3) is 0 Å². The summed E-state index contributed by atoms with van der Waals surface area (Å²) in [6.45, 7) is 6.58. The van der Waals surface area contributed by atoms with E-state index in [2.05, 4.69) is 43.5 Å². The van der Waals surface area contributed by atoms with Crippen LogP contribution in [0.25, 0.3) is 0 Å². The Morgan fingerprint density at radius 2 is 1.48 bits per heavy atom. The van der Waals surface area contributed by atoms with Gasteiger partial charge in [-0.05, 0) is 43.5 Å². The van der Waals surface area contributed by atoms with Gasteiger partial charge in [0.15, 0.2) is 0 Å². The van der Waals surface area contributed by atoms with Crippen molar-refractivity contribution >= 4 is 11.8 Å². The Hall–Kier alpha value is -1.88. The Labute approximate surface area is 151 Å². The first-order valence-electron chi connectivity index (χ1n) is 8.98. The lowest BCUT2D eigenvalue weighted by Gasteiger charge is -2.33. The van der Waals surface area contributed by atoms with E-state index in [-0.39, 0.29) is 29.3 Å². The number of carbonyl (C=O) groups is 2. The van der Waals surface area contributed by atoms with Gasteiger partial charge in [-0.25, -0.2) is 0 Å². The van der Waals surface area contributed by atoms with E-state index < -0.39 is 0 Å². The third-order valence-corrected chi connectivity index (χ3v) is 4.31. The van der Waals surface area contributed by atoms with Crippen LogP contribution in [0.1, 0.15) is 63.2 Å². The Morgan fingerprint density at radius 1 is 1.00 bits per heavy atom. The highest BCUT2D eigenvalue weighted by atomic mass is 16.2. The summed E-state index contributed by atoms with van der Waals surface area (Å²) in [5.74, 6) is 0.113. The molecule has 0 radical (unpaired) electrons. The second-order valence-corrected chi connectivity index (χ2v) is 8.42. The van der Waals surface area contributed by atoms with E-state index in [0.717, 1.165) is 24.0 Å². The molecule has 0 fully saturated rings. The Balaban J connectivity index is 2.10. The van der Waals surface area contributed by atoms with E-state index in [4.69, 9.17) is 0 Å². The molecule has 2 unspecified atom stereocenters. The first-order chi connectivity index (χ1) is 11.7. The zero-order valence-corrected chi connectivity index (χ0v) is 16.1. The molecule has 0 aliphatic heterocycles. The maximum Gasteiger partial charge on any atom is 0.234 e. The van der Waals surface area contributed by atoms with Crippen molar-refractivity contribution in [2.24, 2.45) is 5.41 Å². The number of nitrogens with one attached hydrogen (secondary N) is 2. The molecule has 1 aromatic carbocycles. The minimum Gasteiger partial charge on any atom is -0.349 e. The fraction of sp³-hybridized carbons (Fsp3) is 0.600. The number of rotatable bonds is 5. The summed E-state index contributed by atoms with van der Waals surface area (Å²) in [7, 11) is 3.77. The van der Waals surface area contributed by atoms with Crippen molar-refractivity contribution in [1.82, 2.24) is 15.5 Å². The fourth-order valence-electron chi connectivity index (χ4n) is 3.34. The summed E-state index contributed by atoms with van der Waals surface area (Å²) in [6.07, 6.45) is 2.17. The zero-order valence-electron chi connectivity index (χ0n) is 16.1. The van der Waals surface area contributed by atoms with Gasteiger partial charge in [-0.1, -0.05) is 45.0 Å². The van der Waals surface area contributed by atoms with Crippen LogP contribution in [0.4, 0.5) is 0 Å². The summed E-state index contributed by atoms with van der Waals surface area (Å²) in [4.78, 5) is 26.3. The molecule has 0 heterocycles. The van der Waals surface area contributed by atoms with Crippen molar-refractivity contribution in [1.29, 1.82) is 0 Å². The number of amides is 2. The number of fused-ring (bicyclic) bond motifs is 1. The SMILES string of the molecule is CN(C)CC(=O)NC1CCC(NC(=O)CC(C)(C)C)c2ccccc21. The Kier molecular flexibility index (Phi) is 6.22. The van der Waals surface area contributed by atoms with Crippen LogP contribution in [-0.4, -0.2) is 37.4 Å². The summed E-state index contributed by atoms with van der Waals surface area (Å²) in [5.41, 5.74) is 2.20. The molecule has 2 amide bonds. The van der Waals surface area contributed by atoms with Gasteiger partial charge >= 0.3 is 0 Å². The van der Waals surface area contributed by atoms with Gasteiger partial charge in [-0.15, -0.1) is 0 Å². The molecule has 25 heavy (non-hydrogen) atoms. The first kappa shape index (κ1) is 19.4. The quantitative estimate of drug-likeness (QED) is 0.863. The number of benzene rings is 1. The molecular formula is C20H31N3O2. The molecule has 2 atom stereocenters. The maximum absolute atomic E-state index is 12.3. The molecule has 0 bridgehead atoms. The van der Waals surface area contributed by atoms with E-state index in [1.54, 1.807) is 0 Å². The summed E-state index contributed by atoms with van der Waals surface area (Å²) < 4.78 is 0. The summed E-state index contributed by atoms with van der Waals surface area (Å²) in [6, 6.07) is 8.13. The van der Waals surface area contributed by atoms with Gasteiger partial charge in [0.1, 0.15) is 0 Å². The molecular weight excluding hydrogens is 314 g/mol. The van der Waals surface area contributed by atoms with Crippen LogP contribution < -0.4 is 10.6 Å². The van der Waals surface area contributed by atoms with Crippen molar-refractivity contribution in [3.63, 3.8) is 0 Å². The highest BCUT2D eigenvalue weighted by molar-refractivity contribution is 5.79. The number of likely N-dealkylation sites (N-methyl/N-ethyl adjacent to an activating group) is 1. The van der Waals surface area contributed by atoms with Crippen molar-refractivity contribution < 1.29 is 9.59 Å². The molecule has 5 heteroatoms. The number of hydrogen-bond donors (Lipinski definition) is 2. The van der Waals surface area contributed by atoms with Crippen LogP contribution in [0.15, 0.2) is 24.3 Å². The molecule has 5 nitrogen and oxygen atoms in total. The van der Waals surface area contributed by atoms with E-state index in [9.17, 15) is 9.59 Å². The van der Waals surface area contributed by atoms with Crippen molar-refractivity contribution in [3.8, 4) is 0 Å². The molecule has 0 saturated heterocycles. The third kappa shape index (κ3) is 5.85. The molecule has 138 valence electrons. The standard InChI is InChI=1S/C20H31N3O2/c1-20(2,3)12-18(24)21-16-10-11-17(22-19(25)13-23(4)5)15-9-7-6-8-14(15)16/h6-9,16-17H,10-13H2,1-5H3,(H,21,24)(H,22,25). The van der Waals surface area contributed by atoms with E-state index >= 15 is 0 Å². The normalized spacial score (nSPS) is 20.1. The van der Waals surface area contributed by atoms with Gasteiger partial charge < -0.3 is 15.5 Å². The smallest absolute Gasteiger partial charge is 0.234 e. The van der Waals surface area contributed by atoms with Crippen LogP contribution in [0, 0.1) is 5.41 Å². The molecule has 0 spiro atoms. The van der Waals surface area contributed by atoms with Gasteiger partial charge in [0.2, 0.25) is 11.8 Å². The van der Waals surface area contributed by atoms with Crippen molar-refractivity contribution in [2.45, 2.75) is 52.1 Å². The van der Waals surface area contributed by atoms with Crippen LogP contribution in [0.5, 0.6) is 0 Å². The molecule has 0 aromatic heterocycles. The van der Waals surface area contributed by atoms with Crippen LogP contribution in [0.2, 0.25) is 0 Å². The maximum atomic E-state index is 12.3. The monoisotopic (exact) mass is 345 g/mol. The van der Waals surface area contributed by atoms with Crippen LogP contribution in [0.3, 0.4) is 0 Å². The highest BCUT2D eigenvalue weighted by Gasteiger charge is 2.29. The van der Waals surface area contributed by atoms with Crippen molar-refractivity contribution in [3.05, 3.63) is 35.4 Å². The predicted octanol–water partition coefficient (Wildman–Crippen LogP) is 2.79. The lowest BCUT2D eigenvalue weighted by atomic mass is 9.83. The number of hydrogen-bond acceptors (Lipinski definition) is 3. The molecule has 1 aromatic rings. The zero-order chi connectivity index (χ0) is 18.6. The van der Waals surface area contributed by atoms with Crippen LogP contribution in [-0.2, 0) is 9.59 Å². The molecule has 0 saturated carbocycles. The first-order valence-corrected chi connectivity index (χ1v) is 8.98. The molecule has 1 aliphatic rings. The Bertz CT molecular complexity index is 620. The second kappa shape index (κ2) is 8.00. The van der Waals surface area contributed by atoms with E-state index in [1.807, 2.05) is 31.1 Å². The van der Waals surface area contributed by atoms with E-state index in [0.29, 0.717) is 13.0 Å². The average molecular weight is 345 g/mol. The molecule has 2 N–H and O–H groups in total. The molecule has 2 rings (SSSR count). The Morgan fingerprint density at radius 3 is 1.92 bits per heavy atom. The summed E-state index contributed by atoms with van der Waals surface area (Å²) >= 11 is 0. The van der Waals surface area contributed by atoms with Gasteiger partial charge in [-0.3, -0.25) is 9.59 Å². The average Bonchev–Trinajstić information content (AvgIpc) is 2.47. The molecule has 1 aliphatic carbocycles. The minimum atomic E-state index is -0.0268. The van der Waals surface area contributed by atoms with Crippen molar-refractivity contribution in [2.75, 3.05) is 20.6 Å². The van der Waals surface area contributed by atoms with Gasteiger partial charge in [0.05, 0.1) is 18.6 Å². The minimum absolute atomic E-state index is 0.0134. The third-order valence-electron chi connectivity index (χ3n) is 4.31. The predicted molar refractivity (Wildman–Crippen MR) is 100 cm³/mol. The summed E-state index contributed by atoms with van der Waals surface area (Å²) in [5, 5.41) is 6.30. The lowest BCUT2D eigenvalue weighted by Crippen LogP contribution is -2.40. The largest absolute Gasteiger partial charge is 0.349 e. The van der Waals surface area contributed by atoms with Gasteiger partial charge in [-0.2, -0.15) is 0 Å². The number of nitrogens with zero attached hydrogens (tertiary/aromatic N) is 1.